The molecule has 0 aliphatic rings. The maximum Gasteiger partial charge on any atom is 0.339 e. The summed E-state index contributed by atoms with van der Waals surface area (Å²) in [5, 5.41) is 10.2. The van der Waals surface area contributed by atoms with Crippen molar-refractivity contribution in [1.29, 1.82) is 0 Å². The molecule has 0 spiro atoms. The van der Waals surface area contributed by atoms with Crippen molar-refractivity contribution in [3.63, 3.8) is 0 Å². The molecular formula is C17H13ClO5. The zero-order chi connectivity index (χ0) is 16.4. The maximum atomic E-state index is 11.5. The molecule has 23 heavy (non-hydrogen) atoms. The fourth-order valence-electron chi connectivity index (χ4n) is 2.21. The molecule has 3 aromatic rings. The zero-order valence-electron chi connectivity index (χ0n) is 12.2. The van der Waals surface area contributed by atoms with Gasteiger partial charge in [0, 0.05) is 11.5 Å². The monoisotopic (exact) mass is 332 g/mol. The Morgan fingerprint density at radius 1 is 1.26 bits per heavy atom. The zero-order valence-corrected chi connectivity index (χ0v) is 13.0. The van der Waals surface area contributed by atoms with Gasteiger partial charge in [0.15, 0.2) is 11.3 Å². The lowest BCUT2D eigenvalue weighted by molar-refractivity contribution is 0.0601. The number of halogens is 1. The second-order valence-electron chi connectivity index (χ2n) is 4.78. The number of ether oxygens (including phenoxy) is 2. The minimum Gasteiger partial charge on any atom is -0.465 e. The van der Waals surface area contributed by atoms with E-state index in [4.69, 9.17) is 25.9 Å². The van der Waals surface area contributed by atoms with Gasteiger partial charge in [0.25, 0.3) is 0 Å². The number of esters is 1. The van der Waals surface area contributed by atoms with Crippen LogP contribution in [-0.4, -0.2) is 18.2 Å². The molecule has 0 aliphatic carbocycles. The highest BCUT2D eigenvalue weighted by molar-refractivity contribution is 6.33. The predicted octanol–water partition coefficient (Wildman–Crippen LogP) is 4.16. The minimum atomic E-state index is -0.512. The number of aliphatic hydroxyl groups excluding tert-OH is 1. The van der Waals surface area contributed by atoms with Crippen LogP contribution in [0.2, 0.25) is 5.02 Å². The number of carbonyl (C=O) groups excluding carboxylic acids is 1. The Kier molecular flexibility index (Phi) is 4.23. The highest BCUT2D eigenvalue weighted by Crippen LogP contribution is 2.33. The molecule has 0 amide bonds. The number of methoxy groups -OCH3 is 1. The summed E-state index contributed by atoms with van der Waals surface area (Å²) in [5.41, 5.74) is 0.796. The van der Waals surface area contributed by atoms with Gasteiger partial charge in [-0.15, -0.1) is 0 Å². The molecule has 1 aromatic heterocycles. The molecule has 3 rings (SSSR count). The van der Waals surface area contributed by atoms with E-state index in [-0.39, 0.29) is 17.2 Å². The molecule has 118 valence electrons. The number of rotatable bonds is 4. The van der Waals surface area contributed by atoms with E-state index in [9.17, 15) is 4.79 Å². The van der Waals surface area contributed by atoms with Crippen LogP contribution in [0.5, 0.6) is 11.5 Å². The van der Waals surface area contributed by atoms with Crippen LogP contribution in [-0.2, 0) is 11.3 Å². The van der Waals surface area contributed by atoms with Crippen LogP contribution >= 0.6 is 11.6 Å². The molecule has 1 heterocycles. The minimum absolute atomic E-state index is 0.187. The molecule has 2 aromatic carbocycles. The van der Waals surface area contributed by atoms with Gasteiger partial charge in [-0.1, -0.05) is 23.7 Å². The fraction of sp³-hybridized carbons (Fsp3) is 0.118. The Morgan fingerprint density at radius 2 is 2.09 bits per heavy atom. The van der Waals surface area contributed by atoms with Gasteiger partial charge in [-0.3, -0.25) is 0 Å². The van der Waals surface area contributed by atoms with Crippen LogP contribution in [0.15, 0.2) is 46.9 Å². The molecule has 0 saturated carbocycles. The summed E-state index contributed by atoms with van der Waals surface area (Å²) in [6, 6.07) is 11.8. The van der Waals surface area contributed by atoms with Crippen molar-refractivity contribution in [1.82, 2.24) is 0 Å². The third-order valence-corrected chi connectivity index (χ3v) is 3.60. The third-order valence-electron chi connectivity index (χ3n) is 3.29. The van der Waals surface area contributed by atoms with Crippen molar-refractivity contribution < 1.29 is 23.8 Å². The van der Waals surface area contributed by atoms with E-state index < -0.39 is 5.97 Å². The molecule has 5 nitrogen and oxygen atoms in total. The normalized spacial score (nSPS) is 10.7. The van der Waals surface area contributed by atoms with Crippen molar-refractivity contribution >= 4 is 28.5 Å². The summed E-state index contributed by atoms with van der Waals surface area (Å²) in [4.78, 5) is 11.5. The van der Waals surface area contributed by atoms with E-state index in [1.54, 1.807) is 18.2 Å². The largest absolute Gasteiger partial charge is 0.465 e. The lowest BCUT2D eigenvalue weighted by Crippen LogP contribution is -2.01. The average Bonchev–Trinajstić information content (AvgIpc) is 2.99. The first kappa shape index (κ1) is 15.4. The topological polar surface area (TPSA) is 68.9 Å². The van der Waals surface area contributed by atoms with Crippen LogP contribution in [0.3, 0.4) is 0 Å². The molecule has 0 bridgehead atoms. The molecule has 0 radical (unpaired) electrons. The van der Waals surface area contributed by atoms with E-state index in [0.29, 0.717) is 22.8 Å². The van der Waals surface area contributed by atoms with Crippen molar-refractivity contribution in [3.05, 3.63) is 58.8 Å². The SMILES string of the molecule is COC(=O)c1ccc(Oc2cccc3cc(CO)oc23)cc1Cl. The van der Waals surface area contributed by atoms with Crippen molar-refractivity contribution in [2.75, 3.05) is 7.11 Å². The highest BCUT2D eigenvalue weighted by Gasteiger charge is 2.13. The first-order valence-electron chi connectivity index (χ1n) is 6.80. The summed E-state index contributed by atoms with van der Waals surface area (Å²) in [5.74, 6) is 0.888. The summed E-state index contributed by atoms with van der Waals surface area (Å²) >= 11 is 6.08. The van der Waals surface area contributed by atoms with E-state index in [1.807, 2.05) is 12.1 Å². The number of aliphatic hydroxyl groups is 1. The standard InChI is InChI=1S/C17H13ClO5/c1-21-17(20)13-6-5-11(8-14(13)18)22-15-4-2-3-10-7-12(9-19)23-16(10)15/h2-8,19H,9H2,1H3. The number of furan rings is 1. The quantitative estimate of drug-likeness (QED) is 0.726. The van der Waals surface area contributed by atoms with E-state index in [0.717, 1.165) is 5.39 Å². The van der Waals surface area contributed by atoms with E-state index in [1.165, 1.54) is 19.2 Å². The van der Waals surface area contributed by atoms with Crippen LogP contribution < -0.4 is 4.74 Å². The van der Waals surface area contributed by atoms with Crippen molar-refractivity contribution in [2.45, 2.75) is 6.61 Å². The summed E-state index contributed by atoms with van der Waals surface area (Å²) in [6.45, 7) is -0.187. The Morgan fingerprint density at radius 3 is 2.78 bits per heavy atom. The number of carbonyl (C=O) groups is 1. The molecule has 6 heteroatoms. The Balaban J connectivity index is 1.94. The highest BCUT2D eigenvalue weighted by atomic mass is 35.5. The van der Waals surface area contributed by atoms with Crippen molar-refractivity contribution in [3.8, 4) is 11.5 Å². The van der Waals surface area contributed by atoms with Gasteiger partial charge in [0.2, 0.25) is 0 Å². The van der Waals surface area contributed by atoms with E-state index in [2.05, 4.69) is 4.74 Å². The maximum absolute atomic E-state index is 11.5. The summed E-state index contributed by atoms with van der Waals surface area (Å²) in [6.07, 6.45) is 0. The van der Waals surface area contributed by atoms with Crippen LogP contribution in [0.25, 0.3) is 11.0 Å². The molecule has 0 saturated heterocycles. The van der Waals surface area contributed by atoms with Gasteiger partial charge in [-0.2, -0.15) is 0 Å². The first-order valence-corrected chi connectivity index (χ1v) is 7.18. The van der Waals surface area contributed by atoms with Gasteiger partial charge in [0.1, 0.15) is 18.1 Å². The lowest BCUT2D eigenvalue weighted by atomic mass is 10.2. The molecule has 1 N–H and O–H groups in total. The second kappa shape index (κ2) is 6.32. The fourth-order valence-corrected chi connectivity index (χ4v) is 2.46. The number of benzene rings is 2. The number of para-hydroxylation sites is 1. The molecule has 0 unspecified atom stereocenters. The van der Waals surface area contributed by atoms with E-state index >= 15 is 0 Å². The van der Waals surface area contributed by atoms with Gasteiger partial charge in [0.05, 0.1) is 17.7 Å². The molecular weight excluding hydrogens is 320 g/mol. The molecule has 0 fully saturated rings. The average molecular weight is 333 g/mol. The summed E-state index contributed by atoms with van der Waals surface area (Å²) < 4.78 is 16.0. The van der Waals surface area contributed by atoms with Crippen LogP contribution in [0.4, 0.5) is 0 Å². The predicted molar refractivity (Wildman–Crippen MR) is 85.0 cm³/mol. The third kappa shape index (κ3) is 3.02. The van der Waals surface area contributed by atoms with Gasteiger partial charge < -0.3 is 19.0 Å². The number of hydrogen-bond acceptors (Lipinski definition) is 5. The Bertz CT molecular complexity index is 869. The van der Waals surface area contributed by atoms with Crippen LogP contribution in [0.1, 0.15) is 16.1 Å². The molecule has 0 atom stereocenters. The number of hydrogen-bond donors (Lipinski definition) is 1. The lowest BCUT2D eigenvalue weighted by Gasteiger charge is -2.08. The first-order chi connectivity index (χ1) is 11.1. The van der Waals surface area contributed by atoms with Gasteiger partial charge in [-0.25, -0.2) is 4.79 Å². The Hall–Kier alpha value is -2.50. The van der Waals surface area contributed by atoms with Crippen molar-refractivity contribution in [2.24, 2.45) is 0 Å². The number of fused-ring (bicyclic) bond motifs is 1. The Labute approximate surface area is 137 Å². The second-order valence-corrected chi connectivity index (χ2v) is 5.19. The summed E-state index contributed by atoms with van der Waals surface area (Å²) in [7, 11) is 1.29. The van der Waals surface area contributed by atoms with Gasteiger partial charge in [-0.05, 0) is 24.3 Å². The smallest absolute Gasteiger partial charge is 0.339 e. The molecule has 0 aliphatic heterocycles. The van der Waals surface area contributed by atoms with Gasteiger partial charge >= 0.3 is 5.97 Å². The van der Waals surface area contributed by atoms with Crippen LogP contribution in [0, 0.1) is 0 Å².